The Morgan fingerprint density at radius 1 is 1.26 bits per heavy atom. The van der Waals surface area contributed by atoms with Gasteiger partial charge in [-0.1, -0.05) is 31.5 Å². The third-order valence-corrected chi connectivity index (χ3v) is 3.06. The molecule has 1 heterocycles. The maximum atomic E-state index is 6.12. The molecule has 2 aromatic rings. The van der Waals surface area contributed by atoms with Crippen LogP contribution in [0.25, 0.3) is 0 Å². The molecule has 0 bridgehead atoms. The number of nitrogens with zero attached hydrogens (tertiary/aromatic N) is 2. The van der Waals surface area contributed by atoms with Gasteiger partial charge in [0.05, 0.1) is 10.6 Å². The molecule has 5 heteroatoms. The van der Waals surface area contributed by atoms with Crippen molar-refractivity contribution in [1.82, 2.24) is 9.97 Å². The van der Waals surface area contributed by atoms with E-state index in [1.54, 1.807) is 6.07 Å². The van der Waals surface area contributed by atoms with E-state index in [1.165, 1.54) is 6.33 Å². The largest absolute Gasteiger partial charge is 0.437 e. The molecule has 0 aliphatic carbocycles. The van der Waals surface area contributed by atoms with Gasteiger partial charge in [0.1, 0.15) is 17.9 Å². The Morgan fingerprint density at radius 2 is 2.00 bits per heavy atom. The van der Waals surface area contributed by atoms with Crippen LogP contribution in [0.5, 0.6) is 11.6 Å². The Hall–Kier alpha value is -1.81. The van der Waals surface area contributed by atoms with Crippen LogP contribution in [0.15, 0.2) is 24.5 Å². The van der Waals surface area contributed by atoms with E-state index in [9.17, 15) is 0 Å². The lowest BCUT2D eigenvalue weighted by atomic mass is 10.1. The van der Waals surface area contributed by atoms with Crippen LogP contribution in [0, 0.1) is 6.92 Å². The van der Waals surface area contributed by atoms with Gasteiger partial charge >= 0.3 is 0 Å². The van der Waals surface area contributed by atoms with Gasteiger partial charge in [-0.2, -0.15) is 0 Å². The minimum absolute atomic E-state index is 0.166. The predicted octanol–water partition coefficient (Wildman–Crippen LogP) is 3.94. The summed E-state index contributed by atoms with van der Waals surface area (Å²) >= 11 is 6.12. The molecule has 1 aromatic heterocycles. The third kappa shape index (κ3) is 2.96. The minimum atomic E-state index is 0.166. The average molecular weight is 278 g/mol. The van der Waals surface area contributed by atoms with Crippen LogP contribution in [0.3, 0.4) is 0 Å². The van der Waals surface area contributed by atoms with E-state index in [2.05, 4.69) is 9.97 Å². The molecule has 19 heavy (non-hydrogen) atoms. The summed E-state index contributed by atoms with van der Waals surface area (Å²) < 4.78 is 5.80. The average Bonchev–Trinajstić information content (AvgIpc) is 2.33. The highest BCUT2D eigenvalue weighted by Gasteiger charge is 2.16. The molecule has 1 aromatic carbocycles. The van der Waals surface area contributed by atoms with Gasteiger partial charge < -0.3 is 10.5 Å². The number of nitrogens with two attached hydrogens (primary N) is 1. The number of nitrogen functional groups attached to an aromatic ring is 1. The summed E-state index contributed by atoms with van der Waals surface area (Å²) in [6, 6.07) is 5.59. The monoisotopic (exact) mass is 277 g/mol. The fourth-order valence-electron chi connectivity index (χ4n) is 1.81. The molecule has 0 aliphatic heterocycles. The normalized spacial score (nSPS) is 10.8. The van der Waals surface area contributed by atoms with E-state index in [0.29, 0.717) is 22.5 Å². The molecule has 0 saturated carbocycles. The van der Waals surface area contributed by atoms with E-state index in [1.807, 2.05) is 32.9 Å². The molecule has 0 amide bonds. The molecular weight excluding hydrogens is 262 g/mol. The number of rotatable bonds is 3. The van der Waals surface area contributed by atoms with Gasteiger partial charge in [-0.25, -0.2) is 9.97 Å². The highest BCUT2D eigenvalue weighted by atomic mass is 35.5. The Morgan fingerprint density at radius 3 is 2.68 bits per heavy atom. The lowest BCUT2D eigenvalue weighted by molar-refractivity contribution is 0.452. The van der Waals surface area contributed by atoms with Crippen molar-refractivity contribution in [2.24, 2.45) is 0 Å². The van der Waals surface area contributed by atoms with E-state index in [-0.39, 0.29) is 5.92 Å². The topological polar surface area (TPSA) is 61.0 Å². The summed E-state index contributed by atoms with van der Waals surface area (Å²) in [5, 5.41) is 0.539. The molecule has 0 unspecified atom stereocenters. The molecule has 0 spiro atoms. The van der Waals surface area contributed by atoms with Gasteiger partial charge in [-0.3, -0.25) is 0 Å². The van der Waals surface area contributed by atoms with Gasteiger partial charge in [0.15, 0.2) is 0 Å². The fourth-order valence-corrected chi connectivity index (χ4v) is 1.97. The Balaban J connectivity index is 2.44. The summed E-state index contributed by atoms with van der Waals surface area (Å²) in [6.07, 6.45) is 1.39. The first-order valence-electron chi connectivity index (χ1n) is 6.03. The van der Waals surface area contributed by atoms with Crippen molar-refractivity contribution < 1.29 is 4.74 Å². The van der Waals surface area contributed by atoms with Gasteiger partial charge in [0.2, 0.25) is 5.88 Å². The van der Waals surface area contributed by atoms with Crippen molar-refractivity contribution >= 4 is 17.4 Å². The molecule has 0 radical (unpaired) electrons. The maximum Gasteiger partial charge on any atom is 0.227 e. The molecule has 100 valence electrons. The van der Waals surface area contributed by atoms with Crippen molar-refractivity contribution in [3.63, 3.8) is 0 Å². The zero-order valence-corrected chi connectivity index (χ0v) is 11.9. The van der Waals surface area contributed by atoms with Gasteiger partial charge in [0, 0.05) is 0 Å². The molecule has 2 rings (SSSR count). The molecule has 0 fully saturated rings. The molecule has 0 atom stereocenters. The van der Waals surface area contributed by atoms with Crippen LogP contribution in [-0.4, -0.2) is 9.97 Å². The Kier molecular flexibility index (Phi) is 3.90. The van der Waals surface area contributed by atoms with Crippen LogP contribution >= 0.6 is 11.6 Å². The van der Waals surface area contributed by atoms with Crippen molar-refractivity contribution in [2.75, 3.05) is 5.73 Å². The third-order valence-electron chi connectivity index (χ3n) is 2.75. The highest BCUT2D eigenvalue weighted by molar-refractivity contribution is 6.32. The summed E-state index contributed by atoms with van der Waals surface area (Å²) in [6.45, 7) is 6.00. The van der Waals surface area contributed by atoms with E-state index in [4.69, 9.17) is 22.1 Å². The Bertz CT molecular complexity index is 599. The molecule has 2 N–H and O–H groups in total. The first-order chi connectivity index (χ1) is 8.99. The molecular formula is C14H16ClN3O. The highest BCUT2D eigenvalue weighted by Crippen LogP contribution is 2.34. The lowest BCUT2D eigenvalue weighted by Gasteiger charge is -2.14. The van der Waals surface area contributed by atoms with Crippen molar-refractivity contribution in [3.05, 3.63) is 40.7 Å². The smallest absolute Gasteiger partial charge is 0.227 e. The van der Waals surface area contributed by atoms with E-state index >= 15 is 0 Å². The summed E-state index contributed by atoms with van der Waals surface area (Å²) in [5.74, 6) is 1.63. The van der Waals surface area contributed by atoms with E-state index < -0.39 is 0 Å². The lowest BCUT2D eigenvalue weighted by Crippen LogP contribution is -2.04. The summed E-state index contributed by atoms with van der Waals surface area (Å²) in [4.78, 5) is 8.15. The minimum Gasteiger partial charge on any atom is -0.437 e. The van der Waals surface area contributed by atoms with E-state index in [0.717, 1.165) is 11.1 Å². The zero-order valence-electron chi connectivity index (χ0n) is 11.1. The quantitative estimate of drug-likeness (QED) is 0.923. The molecule has 4 nitrogen and oxygen atoms in total. The van der Waals surface area contributed by atoms with Crippen LogP contribution in [0.2, 0.25) is 5.02 Å². The van der Waals surface area contributed by atoms with Crippen LogP contribution < -0.4 is 10.5 Å². The molecule has 0 saturated heterocycles. The van der Waals surface area contributed by atoms with Crippen molar-refractivity contribution in [3.8, 4) is 11.6 Å². The van der Waals surface area contributed by atoms with Gasteiger partial charge in [0.25, 0.3) is 0 Å². The second kappa shape index (κ2) is 5.45. The number of anilines is 1. The number of aromatic nitrogens is 2. The molecule has 0 aliphatic rings. The first kappa shape index (κ1) is 13.6. The summed E-state index contributed by atoms with van der Waals surface area (Å²) in [7, 11) is 0. The standard InChI is InChI=1S/C14H16ClN3O/c1-8(2)12-13(16)17-7-18-14(12)19-11-6-9(3)4-5-10(11)15/h4-8H,1-3H3,(H2,16,17,18). The van der Waals surface area contributed by atoms with Crippen LogP contribution in [0.1, 0.15) is 30.9 Å². The number of benzene rings is 1. The van der Waals surface area contributed by atoms with Crippen LogP contribution in [-0.2, 0) is 0 Å². The predicted molar refractivity (Wildman–Crippen MR) is 76.8 cm³/mol. The Labute approximate surface area is 117 Å². The second-order valence-electron chi connectivity index (χ2n) is 4.67. The SMILES string of the molecule is Cc1ccc(Cl)c(Oc2ncnc(N)c2C(C)C)c1. The second-order valence-corrected chi connectivity index (χ2v) is 5.08. The number of halogens is 1. The number of hydrogen-bond donors (Lipinski definition) is 1. The van der Waals surface area contributed by atoms with Crippen molar-refractivity contribution in [2.45, 2.75) is 26.7 Å². The van der Waals surface area contributed by atoms with Gasteiger partial charge in [-0.05, 0) is 30.5 Å². The fraction of sp³-hybridized carbons (Fsp3) is 0.286. The summed E-state index contributed by atoms with van der Waals surface area (Å²) in [5.41, 5.74) is 7.73. The van der Waals surface area contributed by atoms with Crippen LogP contribution in [0.4, 0.5) is 5.82 Å². The van der Waals surface area contributed by atoms with Crippen molar-refractivity contribution in [1.29, 1.82) is 0 Å². The number of hydrogen-bond acceptors (Lipinski definition) is 4. The maximum absolute atomic E-state index is 6.12. The first-order valence-corrected chi connectivity index (χ1v) is 6.41. The number of ether oxygens (including phenoxy) is 1. The zero-order chi connectivity index (χ0) is 14.0. The van der Waals surface area contributed by atoms with Gasteiger partial charge in [-0.15, -0.1) is 0 Å². The number of aryl methyl sites for hydroxylation is 1.